The van der Waals surface area contributed by atoms with Gasteiger partial charge in [0.15, 0.2) is 0 Å². The van der Waals surface area contributed by atoms with Crippen molar-refractivity contribution in [3.8, 4) is 0 Å². The standard InChI is InChI=1S/C11H23N/c1-9(11(5)6-7-11)12-8-10(2,3)4/h9,12H,6-8H2,1-5H3. The monoisotopic (exact) mass is 169 g/mol. The van der Waals surface area contributed by atoms with E-state index in [4.69, 9.17) is 0 Å². The Balaban J connectivity index is 2.23. The van der Waals surface area contributed by atoms with Gasteiger partial charge in [-0.25, -0.2) is 0 Å². The van der Waals surface area contributed by atoms with Crippen molar-refractivity contribution in [3.63, 3.8) is 0 Å². The average Bonchev–Trinajstić information content (AvgIpc) is 2.62. The lowest BCUT2D eigenvalue weighted by Crippen LogP contribution is -2.38. The third-order valence-corrected chi connectivity index (χ3v) is 3.02. The highest BCUT2D eigenvalue weighted by Gasteiger charge is 2.42. The fraction of sp³-hybridized carbons (Fsp3) is 1.00. The van der Waals surface area contributed by atoms with Crippen LogP contribution in [0.4, 0.5) is 0 Å². The fourth-order valence-electron chi connectivity index (χ4n) is 1.34. The van der Waals surface area contributed by atoms with E-state index in [-0.39, 0.29) is 0 Å². The lowest BCUT2D eigenvalue weighted by atomic mass is 9.94. The van der Waals surface area contributed by atoms with Crippen molar-refractivity contribution in [2.24, 2.45) is 10.8 Å². The summed E-state index contributed by atoms with van der Waals surface area (Å²) in [6, 6.07) is 0.691. The van der Waals surface area contributed by atoms with Crippen LogP contribution in [0.3, 0.4) is 0 Å². The Morgan fingerprint density at radius 1 is 1.33 bits per heavy atom. The van der Waals surface area contributed by atoms with E-state index < -0.39 is 0 Å². The lowest BCUT2D eigenvalue weighted by molar-refractivity contribution is 0.307. The Kier molecular flexibility index (Phi) is 2.53. The van der Waals surface area contributed by atoms with Crippen molar-refractivity contribution in [2.75, 3.05) is 6.54 Å². The number of rotatable bonds is 3. The van der Waals surface area contributed by atoms with E-state index in [1.165, 1.54) is 12.8 Å². The summed E-state index contributed by atoms with van der Waals surface area (Å²) in [4.78, 5) is 0. The predicted molar refractivity (Wildman–Crippen MR) is 54.3 cm³/mol. The van der Waals surface area contributed by atoms with Gasteiger partial charge in [0.05, 0.1) is 0 Å². The Morgan fingerprint density at radius 2 is 1.83 bits per heavy atom. The van der Waals surface area contributed by atoms with Gasteiger partial charge in [0.2, 0.25) is 0 Å². The molecule has 1 aliphatic rings. The second-order valence-corrected chi connectivity index (χ2v) is 5.82. The van der Waals surface area contributed by atoms with E-state index in [0.717, 1.165) is 6.54 Å². The van der Waals surface area contributed by atoms with E-state index in [2.05, 4.69) is 39.9 Å². The molecule has 1 aliphatic carbocycles. The molecule has 1 heteroatoms. The Morgan fingerprint density at radius 3 is 2.17 bits per heavy atom. The van der Waals surface area contributed by atoms with Gasteiger partial charge in [-0.05, 0) is 30.6 Å². The lowest BCUT2D eigenvalue weighted by Gasteiger charge is -2.26. The van der Waals surface area contributed by atoms with Gasteiger partial charge >= 0.3 is 0 Å². The highest BCUT2D eigenvalue weighted by molar-refractivity contribution is 4.96. The van der Waals surface area contributed by atoms with Crippen molar-refractivity contribution in [1.82, 2.24) is 5.32 Å². The first kappa shape index (κ1) is 10.0. The minimum atomic E-state index is 0.416. The van der Waals surface area contributed by atoms with E-state index in [0.29, 0.717) is 16.9 Å². The van der Waals surface area contributed by atoms with Crippen LogP contribution in [0.15, 0.2) is 0 Å². The topological polar surface area (TPSA) is 12.0 Å². The van der Waals surface area contributed by atoms with E-state index in [9.17, 15) is 0 Å². The molecule has 0 aromatic heterocycles. The zero-order valence-electron chi connectivity index (χ0n) is 9.20. The normalized spacial score (nSPS) is 23.8. The molecule has 0 saturated heterocycles. The van der Waals surface area contributed by atoms with Gasteiger partial charge in [-0.15, -0.1) is 0 Å². The van der Waals surface area contributed by atoms with Crippen LogP contribution in [0.1, 0.15) is 47.5 Å². The molecular formula is C11H23N. The van der Waals surface area contributed by atoms with Crippen molar-refractivity contribution in [2.45, 2.75) is 53.5 Å². The van der Waals surface area contributed by atoms with Crippen LogP contribution in [-0.4, -0.2) is 12.6 Å². The summed E-state index contributed by atoms with van der Waals surface area (Å²) in [5.41, 5.74) is 1.03. The second-order valence-electron chi connectivity index (χ2n) is 5.82. The van der Waals surface area contributed by atoms with Crippen molar-refractivity contribution in [1.29, 1.82) is 0 Å². The van der Waals surface area contributed by atoms with Gasteiger partial charge in [0.25, 0.3) is 0 Å². The summed E-state index contributed by atoms with van der Waals surface area (Å²) in [6.45, 7) is 12.7. The third-order valence-electron chi connectivity index (χ3n) is 3.02. The first-order valence-electron chi connectivity index (χ1n) is 5.07. The molecule has 0 aromatic rings. The summed E-state index contributed by atoms with van der Waals surface area (Å²) in [6.07, 6.45) is 2.82. The molecule has 1 N–H and O–H groups in total. The van der Waals surface area contributed by atoms with E-state index in [1.807, 2.05) is 0 Å². The fourth-order valence-corrected chi connectivity index (χ4v) is 1.34. The average molecular weight is 169 g/mol. The molecule has 0 aliphatic heterocycles. The second kappa shape index (κ2) is 3.02. The summed E-state index contributed by atoms with van der Waals surface area (Å²) in [5.74, 6) is 0. The summed E-state index contributed by atoms with van der Waals surface area (Å²) < 4.78 is 0. The molecule has 0 heterocycles. The maximum absolute atomic E-state index is 3.62. The van der Waals surface area contributed by atoms with Gasteiger partial charge in [-0.3, -0.25) is 0 Å². The van der Waals surface area contributed by atoms with Gasteiger partial charge in [0, 0.05) is 12.6 Å². The molecule has 1 saturated carbocycles. The molecule has 12 heavy (non-hydrogen) atoms. The molecule has 0 spiro atoms. The zero-order chi connectivity index (χ0) is 9.41. The SMILES string of the molecule is CC(NCC(C)(C)C)C1(C)CC1. The predicted octanol–water partition coefficient (Wildman–Crippen LogP) is 2.81. The first-order chi connectivity index (χ1) is 5.33. The Hall–Kier alpha value is -0.0400. The van der Waals surface area contributed by atoms with Crippen LogP contribution >= 0.6 is 0 Å². The Bertz CT molecular complexity index is 151. The molecular weight excluding hydrogens is 146 g/mol. The summed E-state index contributed by atoms with van der Waals surface area (Å²) in [5, 5.41) is 3.62. The van der Waals surface area contributed by atoms with Crippen molar-refractivity contribution < 1.29 is 0 Å². The highest BCUT2D eigenvalue weighted by Crippen LogP contribution is 2.47. The molecule has 0 radical (unpaired) electrons. The van der Waals surface area contributed by atoms with Crippen molar-refractivity contribution >= 4 is 0 Å². The number of hydrogen-bond donors (Lipinski definition) is 1. The Labute approximate surface area is 76.9 Å². The molecule has 1 nitrogen and oxygen atoms in total. The van der Waals surface area contributed by atoms with Gasteiger partial charge in [0.1, 0.15) is 0 Å². The molecule has 1 atom stereocenters. The van der Waals surface area contributed by atoms with Crippen LogP contribution in [0, 0.1) is 10.8 Å². The molecule has 1 unspecified atom stereocenters. The van der Waals surface area contributed by atoms with E-state index >= 15 is 0 Å². The number of nitrogens with one attached hydrogen (secondary N) is 1. The maximum atomic E-state index is 3.62. The quantitative estimate of drug-likeness (QED) is 0.685. The molecule has 1 rings (SSSR count). The van der Waals surface area contributed by atoms with Crippen LogP contribution < -0.4 is 5.32 Å². The molecule has 0 bridgehead atoms. The smallest absolute Gasteiger partial charge is 0.00927 e. The minimum Gasteiger partial charge on any atom is -0.313 e. The maximum Gasteiger partial charge on any atom is 0.00927 e. The van der Waals surface area contributed by atoms with Gasteiger partial charge in [-0.1, -0.05) is 27.7 Å². The van der Waals surface area contributed by atoms with Crippen LogP contribution in [0.2, 0.25) is 0 Å². The van der Waals surface area contributed by atoms with E-state index in [1.54, 1.807) is 0 Å². The molecule has 72 valence electrons. The van der Waals surface area contributed by atoms with Crippen LogP contribution in [0.25, 0.3) is 0 Å². The zero-order valence-corrected chi connectivity index (χ0v) is 9.20. The number of hydrogen-bond acceptors (Lipinski definition) is 1. The third kappa shape index (κ3) is 2.78. The highest BCUT2D eigenvalue weighted by atomic mass is 14.9. The molecule has 0 aromatic carbocycles. The summed E-state index contributed by atoms with van der Waals surface area (Å²) >= 11 is 0. The summed E-state index contributed by atoms with van der Waals surface area (Å²) in [7, 11) is 0. The minimum absolute atomic E-state index is 0.416. The van der Waals surface area contributed by atoms with Crippen LogP contribution in [-0.2, 0) is 0 Å². The van der Waals surface area contributed by atoms with Crippen LogP contribution in [0.5, 0.6) is 0 Å². The largest absolute Gasteiger partial charge is 0.313 e. The first-order valence-corrected chi connectivity index (χ1v) is 5.07. The van der Waals surface area contributed by atoms with Gasteiger partial charge < -0.3 is 5.32 Å². The molecule has 1 fully saturated rings. The van der Waals surface area contributed by atoms with Gasteiger partial charge in [-0.2, -0.15) is 0 Å². The molecule has 0 amide bonds. The van der Waals surface area contributed by atoms with Crippen molar-refractivity contribution in [3.05, 3.63) is 0 Å².